The van der Waals surface area contributed by atoms with Crippen LogP contribution in [0.5, 0.6) is 0 Å². The number of rotatable bonds is 56. The molecule has 0 aliphatic carbocycles. The lowest BCUT2D eigenvalue weighted by Gasteiger charge is -2.23. The fraction of sp³-hybridized carbons (Fsp3) is 0.823. The number of hydrogen-bond acceptors (Lipinski definition) is 11. The summed E-state index contributed by atoms with van der Waals surface area (Å²) >= 11 is 0. The zero-order chi connectivity index (χ0) is 54.1. The number of ether oxygens (including phenoxy) is 7. The standard InChI is InChI=1S/C62H114N2O10/c1-7-13-17-21-29-39-53-70-60(71-54-40-30-22-18-14-8-2)46-44-58(65)68-51-37-33-25-27-35-49-64(62(67)74-57-43-48-63(11-5)12-6)50-36-28-26-34-38-52-69-59(66)45-47-61(72-55-41-31-23-19-15-9-3)73-56-42-32-24-20-16-10-4/h13-20,60-61H,7-12,21-57H2,1-6H3/b17-13-,18-14-,19-15-,20-16-. The van der Waals surface area contributed by atoms with E-state index in [-0.39, 0.29) is 43.5 Å². The van der Waals surface area contributed by atoms with Crippen LogP contribution in [-0.4, -0.2) is 119 Å². The van der Waals surface area contributed by atoms with Crippen LogP contribution in [0.2, 0.25) is 0 Å². The van der Waals surface area contributed by atoms with Crippen LogP contribution in [0.3, 0.4) is 0 Å². The van der Waals surface area contributed by atoms with Crippen molar-refractivity contribution in [3.8, 4) is 0 Å². The van der Waals surface area contributed by atoms with Gasteiger partial charge in [-0.3, -0.25) is 9.59 Å². The second kappa shape index (κ2) is 57.7. The summed E-state index contributed by atoms with van der Waals surface area (Å²) in [6.45, 7) is 20.9. The van der Waals surface area contributed by atoms with Crippen LogP contribution in [0.4, 0.5) is 4.79 Å². The third kappa shape index (κ3) is 49.8. The maximum absolute atomic E-state index is 13.2. The number of amides is 1. The molecule has 0 unspecified atom stereocenters. The first-order valence-electron chi connectivity index (χ1n) is 30.4. The smallest absolute Gasteiger partial charge is 0.409 e. The van der Waals surface area contributed by atoms with E-state index < -0.39 is 0 Å². The second-order valence-electron chi connectivity index (χ2n) is 19.4. The molecule has 0 fully saturated rings. The van der Waals surface area contributed by atoms with E-state index in [4.69, 9.17) is 33.2 Å². The van der Waals surface area contributed by atoms with Gasteiger partial charge in [0.1, 0.15) is 0 Å². The largest absolute Gasteiger partial charge is 0.466 e. The minimum Gasteiger partial charge on any atom is -0.466 e. The fourth-order valence-corrected chi connectivity index (χ4v) is 8.11. The summed E-state index contributed by atoms with van der Waals surface area (Å²) in [5.74, 6) is -0.403. The van der Waals surface area contributed by atoms with Crippen molar-refractivity contribution in [3.63, 3.8) is 0 Å². The molecule has 0 aromatic carbocycles. The summed E-state index contributed by atoms with van der Waals surface area (Å²) in [7, 11) is 0. The molecule has 1 amide bonds. The van der Waals surface area contributed by atoms with E-state index in [1.54, 1.807) is 0 Å². The van der Waals surface area contributed by atoms with Gasteiger partial charge in [-0.2, -0.15) is 0 Å². The Hall–Kier alpha value is -3.03. The number of nitrogens with zero attached hydrogens (tertiary/aromatic N) is 2. The topological polar surface area (TPSA) is 122 Å². The van der Waals surface area contributed by atoms with Crippen LogP contribution in [0.1, 0.15) is 241 Å². The molecule has 0 aliphatic heterocycles. The quantitative estimate of drug-likeness (QED) is 0.0190. The Balaban J connectivity index is 4.69. The number of hydrogen-bond donors (Lipinski definition) is 0. The molecule has 0 atom stereocenters. The van der Waals surface area contributed by atoms with Crippen LogP contribution in [0.25, 0.3) is 0 Å². The second-order valence-corrected chi connectivity index (χ2v) is 19.4. The summed E-state index contributed by atoms with van der Waals surface area (Å²) in [6.07, 6.45) is 45.2. The molecule has 74 heavy (non-hydrogen) atoms. The normalized spacial score (nSPS) is 12.1. The van der Waals surface area contributed by atoms with E-state index in [1.165, 1.54) is 0 Å². The van der Waals surface area contributed by atoms with Gasteiger partial charge in [-0.25, -0.2) is 4.79 Å². The van der Waals surface area contributed by atoms with Crippen molar-refractivity contribution >= 4 is 18.0 Å². The molecular formula is C62H114N2O10. The van der Waals surface area contributed by atoms with Crippen LogP contribution in [0, 0.1) is 0 Å². The molecule has 0 N–H and O–H groups in total. The van der Waals surface area contributed by atoms with Crippen molar-refractivity contribution < 1.29 is 47.5 Å². The predicted molar refractivity (Wildman–Crippen MR) is 306 cm³/mol. The van der Waals surface area contributed by atoms with Gasteiger partial charge in [0.05, 0.1) is 32.7 Å². The monoisotopic (exact) mass is 1050 g/mol. The zero-order valence-electron chi connectivity index (χ0n) is 48.7. The maximum Gasteiger partial charge on any atom is 0.409 e. The van der Waals surface area contributed by atoms with Crippen LogP contribution in [-0.2, 0) is 42.7 Å². The highest BCUT2D eigenvalue weighted by molar-refractivity contribution is 5.69. The first kappa shape index (κ1) is 71.0. The van der Waals surface area contributed by atoms with E-state index >= 15 is 0 Å². The summed E-state index contributed by atoms with van der Waals surface area (Å²) in [6, 6.07) is 0. The van der Waals surface area contributed by atoms with Crippen molar-refractivity contribution in [2.75, 3.05) is 79.0 Å². The Bertz CT molecular complexity index is 1220. The lowest BCUT2D eigenvalue weighted by atomic mass is 10.1. The Labute approximate surface area is 454 Å². The molecule has 0 aliphatic rings. The minimum absolute atomic E-state index is 0.202. The van der Waals surface area contributed by atoms with E-state index in [0.717, 1.165) is 193 Å². The Morgan fingerprint density at radius 3 is 1.03 bits per heavy atom. The summed E-state index contributed by atoms with van der Waals surface area (Å²) in [4.78, 5) is 42.8. The van der Waals surface area contributed by atoms with Gasteiger partial charge in [-0.05, 0) is 148 Å². The molecule has 0 radical (unpaired) electrons. The van der Waals surface area contributed by atoms with E-state index in [2.05, 4.69) is 95.1 Å². The molecule has 0 heterocycles. The molecule has 12 heteroatoms. The third-order valence-electron chi connectivity index (χ3n) is 12.7. The van der Waals surface area contributed by atoms with Crippen LogP contribution in [0.15, 0.2) is 48.6 Å². The van der Waals surface area contributed by atoms with Gasteiger partial charge in [-0.1, -0.05) is 129 Å². The molecule has 0 bridgehead atoms. The minimum atomic E-state index is -0.388. The maximum atomic E-state index is 13.2. The Morgan fingerprint density at radius 1 is 0.351 bits per heavy atom. The van der Waals surface area contributed by atoms with Crippen molar-refractivity contribution in [1.82, 2.24) is 9.80 Å². The fourth-order valence-electron chi connectivity index (χ4n) is 8.11. The lowest BCUT2D eigenvalue weighted by Crippen LogP contribution is -2.34. The predicted octanol–water partition coefficient (Wildman–Crippen LogP) is 16.0. The van der Waals surface area contributed by atoms with Crippen molar-refractivity contribution in [3.05, 3.63) is 48.6 Å². The van der Waals surface area contributed by atoms with Crippen molar-refractivity contribution in [1.29, 1.82) is 0 Å². The molecule has 0 aromatic rings. The molecule has 12 nitrogen and oxygen atoms in total. The summed E-state index contributed by atoms with van der Waals surface area (Å²) in [5.41, 5.74) is 0. The van der Waals surface area contributed by atoms with Gasteiger partial charge >= 0.3 is 18.0 Å². The highest BCUT2D eigenvalue weighted by Crippen LogP contribution is 2.14. The third-order valence-corrected chi connectivity index (χ3v) is 12.7. The first-order valence-corrected chi connectivity index (χ1v) is 30.4. The molecule has 432 valence electrons. The molecular weight excluding hydrogens is 933 g/mol. The first-order chi connectivity index (χ1) is 36.3. The molecule has 0 saturated carbocycles. The van der Waals surface area contributed by atoms with E-state index in [0.29, 0.717) is 72.2 Å². The summed E-state index contributed by atoms with van der Waals surface area (Å²) in [5, 5.41) is 0. The lowest BCUT2D eigenvalue weighted by molar-refractivity contribution is -0.159. The van der Waals surface area contributed by atoms with Crippen molar-refractivity contribution in [2.45, 2.75) is 253 Å². The molecule has 0 aromatic heterocycles. The number of carbonyl (C=O) groups is 3. The average Bonchev–Trinajstić information content (AvgIpc) is 3.40. The zero-order valence-corrected chi connectivity index (χ0v) is 48.7. The van der Waals surface area contributed by atoms with Gasteiger partial charge in [0, 0.05) is 58.9 Å². The summed E-state index contributed by atoms with van der Waals surface area (Å²) < 4.78 is 41.2. The number of carbonyl (C=O) groups excluding carboxylic acids is 3. The number of unbranched alkanes of at least 4 members (excludes halogenated alkanes) is 16. The van der Waals surface area contributed by atoms with Gasteiger partial charge in [0.25, 0.3) is 0 Å². The van der Waals surface area contributed by atoms with Gasteiger partial charge < -0.3 is 43.0 Å². The molecule has 0 spiro atoms. The van der Waals surface area contributed by atoms with Gasteiger partial charge in [0.15, 0.2) is 12.6 Å². The van der Waals surface area contributed by atoms with Crippen LogP contribution < -0.4 is 0 Å². The SMILES string of the molecule is CC/C=C\CCCCOC(CCC(=O)OCCCCCCCN(CCCCCCCOC(=O)CCC(OCCCC/C=C\CC)OCCCC/C=C\CC)C(=O)OCCCN(CC)CC)OCCCC/C=C\CC. The molecule has 0 rings (SSSR count). The highest BCUT2D eigenvalue weighted by Gasteiger charge is 2.17. The van der Waals surface area contributed by atoms with Crippen LogP contribution >= 0.6 is 0 Å². The Kier molecular flexibility index (Phi) is 55.3. The van der Waals surface area contributed by atoms with Gasteiger partial charge in [-0.15, -0.1) is 0 Å². The average molecular weight is 1050 g/mol. The number of allylic oxidation sites excluding steroid dienone is 8. The van der Waals surface area contributed by atoms with E-state index in [1.807, 2.05) is 4.90 Å². The van der Waals surface area contributed by atoms with E-state index in [9.17, 15) is 14.4 Å². The number of esters is 2. The van der Waals surface area contributed by atoms with Crippen molar-refractivity contribution in [2.24, 2.45) is 0 Å². The highest BCUT2D eigenvalue weighted by atomic mass is 16.7. The van der Waals surface area contributed by atoms with Gasteiger partial charge in [0.2, 0.25) is 0 Å². The Morgan fingerprint density at radius 2 is 0.676 bits per heavy atom. The molecule has 0 saturated heterocycles.